The van der Waals surface area contributed by atoms with Gasteiger partial charge in [-0.05, 0) is 24.3 Å². The molecule has 1 aromatic heterocycles. The average Bonchev–Trinajstić information content (AvgIpc) is 2.67. The Labute approximate surface area is 174 Å². The molecule has 11 heteroatoms. The fourth-order valence-corrected chi connectivity index (χ4v) is 2.72. The molecule has 0 aliphatic rings. The van der Waals surface area contributed by atoms with Crippen LogP contribution in [-0.4, -0.2) is 39.7 Å². The first kappa shape index (κ1) is 21.5. The highest BCUT2D eigenvalue weighted by Gasteiger charge is 2.31. The third-order valence-corrected chi connectivity index (χ3v) is 4.01. The van der Waals surface area contributed by atoms with Crippen molar-refractivity contribution >= 4 is 29.1 Å². The van der Waals surface area contributed by atoms with E-state index in [9.17, 15) is 18.3 Å². The van der Waals surface area contributed by atoms with Crippen molar-refractivity contribution in [1.82, 2.24) is 9.97 Å². The van der Waals surface area contributed by atoms with E-state index in [2.05, 4.69) is 25.3 Å². The Balaban J connectivity index is 1.97. The zero-order valence-corrected chi connectivity index (χ0v) is 16.0. The second kappa shape index (κ2) is 9.06. The summed E-state index contributed by atoms with van der Waals surface area (Å²) < 4.78 is 41.6. The molecule has 158 valence electrons. The third kappa shape index (κ3) is 5.88. The van der Waals surface area contributed by atoms with Gasteiger partial charge < -0.3 is 25.6 Å². The van der Waals surface area contributed by atoms with Gasteiger partial charge in [-0.2, -0.15) is 4.98 Å². The van der Waals surface area contributed by atoms with E-state index in [-0.39, 0.29) is 41.4 Å². The number of nitrogens with zero attached hydrogens (tertiary/aromatic N) is 2. The van der Waals surface area contributed by atoms with E-state index in [0.717, 1.165) is 0 Å². The first-order valence-corrected chi connectivity index (χ1v) is 8.97. The number of halogens is 4. The lowest BCUT2D eigenvalue weighted by Gasteiger charge is -2.13. The van der Waals surface area contributed by atoms with Gasteiger partial charge in [0.2, 0.25) is 5.95 Å². The molecule has 0 aliphatic heterocycles. The van der Waals surface area contributed by atoms with Gasteiger partial charge in [-0.3, -0.25) is 0 Å². The van der Waals surface area contributed by atoms with Crippen LogP contribution in [0.15, 0.2) is 48.5 Å². The number of phenols is 1. The first-order chi connectivity index (χ1) is 14.2. The lowest BCUT2D eigenvalue weighted by molar-refractivity contribution is -0.274. The summed E-state index contributed by atoms with van der Waals surface area (Å²) in [5.74, 6) is 0.0246. The molecule has 2 aromatic carbocycles. The van der Waals surface area contributed by atoms with Crippen LogP contribution in [0.5, 0.6) is 11.5 Å². The van der Waals surface area contributed by atoms with Crippen LogP contribution in [0.3, 0.4) is 0 Å². The summed E-state index contributed by atoms with van der Waals surface area (Å²) in [5.41, 5.74) is 1.10. The number of aromatic hydroxyl groups is 1. The molecular weight excluding hydrogens is 425 g/mol. The number of rotatable bonds is 7. The molecule has 0 amide bonds. The van der Waals surface area contributed by atoms with Crippen molar-refractivity contribution < 1.29 is 28.1 Å². The van der Waals surface area contributed by atoms with Gasteiger partial charge in [0.25, 0.3) is 0 Å². The van der Waals surface area contributed by atoms with Crippen LogP contribution in [0, 0.1) is 0 Å². The largest absolute Gasteiger partial charge is 0.573 e. The van der Waals surface area contributed by atoms with Crippen LogP contribution in [0.2, 0.25) is 5.02 Å². The Bertz CT molecular complexity index is 1030. The van der Waals surface area contributed by atoms with Gasteiger partial charge in [0.05, 0.1) is 23.0 Å². The van der Waals surface area contributed by atoms with Crippen molar-refractivity contribution in [3.63, 3.8) is 0 Å². The number of hydrogen-bond donors (Lipinski definition) is 4. The van der Waals surface area contributed by atoms with Gasteiger partial charge in [0.15, 0.2) is 0 Å². The van der Waals surface area contributed by atoms with E-state index in [1.807, 2.05) is 0 Å². The van der Waals surface area contributed by atoms with Gasteiger partial charge in [0, 0.05) is 24.2 Å². The molecule has 0 unspecified atom stereocenters. The van der Waals surface area contributed by atoms with E-state index in [0.29, 0.717) is 16.9 Å². The van der Waals surface area contributed by atoms with Crippen molar-refractivity contribution in [2.24, 2.45) is 0 Å². The fourth-order valence-electron chi connectivity index (χ4n) is 2.50. The van der Waals surface area contributed by atoms with Crippen molar-refractivity contribution in [3.8, 4) is 22.8 Å². The lowest BCUT2D eigenvalue weighted by atomic mass is 10.1. The Hall–Kier alpha value is -3.24. The van der Waals surface area contributed by atoms with E-state index in [4.69, 9.17) is 16.7 Å². The highest BCUT2D eigenvalue weighted by atomic mass is 35.5. The van der Waals surface area contributed by atoms with Crippen LogP contribution >= 0.6 is 11.6 Å². The molecule has 0 fully saturated rings. The Kier molecular flexibility index (Phi) is 6.48. The lowest BCUT2D eigenvalue weighted by Crippen LogP contribution is -2.17. The maximum atomic E-state index is 12.5. The quantitative estimate of drug-likeness (QED) is 0.400. The van der Waals surface area contributed by atoms with Crippen molar-refractivity contribution in [2.75, 3.05) is 23.8 Å². The van der Waals surface area contributed by atoms with Crippen LogP contribution in [0.1, 0.15) is 0 Å². The van der Waals surface area contributed by atoms with Crippen molar-refractivity contribution in [2.45, 2.75) is 6.36 Å². The summed E-state index contributed by atoms with van der Waals surface area (Å²) in [6.45, 7) is -0.00483. The standard InChI is InChI=1S/C19H16ClF3N4O3/c20-14-9-12(29)4-5-15(14)25-17-10-16(26-18(27-17)24-6-7-28)11-2-1-3-13(8-11)30-19(21,22)23/h1-5,8-10,28-29H,6-7H2,(H2,24,25,26,27). The van der Waals surface area contributed by atoms with E-state index >= 15 is 0 Å². The molecule has 0 radical (unpaired) electrons. The first-order valence-electron chi connectivity index (χ1n) is 8.59. The number of aliphatic hydroxyl groups excluding tert-OH is 1. The summed E-state index contributed by atoms with van der Waals surface area (Å²) in [7, 11) is 0. The number of aromatic nitrogens is 2. The zero-order valence-electron chi connectivity index (χ0n) is 15.2. The molecule has 1 heterocycles. The molecule has 7 nitrogen and oxygen atoms in total. The summed E-state index contributed by atoms with van der Waals surface area (Å²) in [4.78, 5) is 8.53. The van der Waals surface area contributed by atoms with Crippen LogP contribution < -0.4 is 15.4 Å². The summed E-state index contributed by atoms with van der Waals surface area (Å²) >= 11 is 6.10. The van der Waals surface area contributed by atoms with Crippen molar-refractivity contribution in [1.29, 1.82) is 0 Å². The van der Waals surface area contributed by atoms with Crippen LogP contribution in [-0.2, 0) is 0 Å². The number of ether oxygens (including phenoxy) is 1. The number of aliphatic hydroxyl groups is 1. The molecule has 0 spiro atoms. The predicted octanol–water partition coefficient (Wildman–Crippen LogP) is 4.55. The normalized spacial score (nSPS) is 11.2. The average molecular weight is 441 g/mol. The number of alkyl halides is 3. The highest BCUT2D eigenvalue weighted by Crippen LogP contribution is 2.31. The molecule has 0 saturated heterocycles. The molecule has 4 N–H and O–H groups in total. The zero-order chi connectivity index (χ0) is 21.7. The van der Waals surface area contributed by atoms with Gasteiger partial charge in [0.1, 0.15) is 17.3 Å². The van der Waals surface area contributed by atoms with Gasteiger partial charge in [-0.25, -0.2) is 4.98 Å². The van der Waals surface area contributed by atoms with Gasteiger partial charge >= 0.3 is 6.36 Å². The number of nitrogens with one attached hydrogen (secondary N) is 2. The SMILES string of the molecule is OCCNc1nc(Nc2ccc(O)cc2Cl)cc(-c2cccc(OC(F)(F)F)c2)n1. The smallest absolute Gasteiger partial charge is 0.508 e. The maximum Gasteiger partial charge on any atom is 0.573 e. The second-order valence-corrected chi connectivity index (χ2v) is 6.38. The molecule has 3 rings (SSSR count). The highest BCUT2D eigenvalue weighted by molar-refractivity contribution is 6.33. The summed E-state index contributed by atoms with van der Waals surface area (Å²) in [5, 5.41) is 24.5. The van der Waals surface area contributed by atoms with E-state index < -0.39 is 6.36 Å². The van der Waals surface area contributed by atoms with Gasteiger partial charge in [-0.1, -0.05) is 23.7 Å². The maximum absolute atomic E-state index is 12.5. The molecule has 0 saturated carbocycles. The van der Waals surface area contributed by atoms with E-state index in [1.54, 1.807) is 6.07 Å². The number of anilines is 3. The number of phenolic OH excluding ortho intramolecular Hbond substituents is 1. The molecule has 0 atom stereocenters. The van der Waals surface area contributed by atoms with Gasteiger partial charge in [-0.15, -0.1) is 13.2 Å². The predicted molar refractivity (Wildman–Crippen MR) is 106 cm³/mol. The molecule has 3 aromatic rings. The minimum absolute atomic E-state index is 0.0132. The van der Waals surface area contributed by atoms with Crippen LogP contribution in [0.25, 0.3) is 11.3 Å². The Morgan fingerprint density at radius 3 is 2.57 bits per heavy atom. The summed E-state index contributed by atoms with van der Waals surface area (Å²) in [6, 6.07) is 11.2. The third-order valence-electron chi connectivity index (χ3n) is 3.70. The second-order valence-electron chi connectivity index (χ2n) is 5.98. The Morgan fingerprint density at radius 2 is 1.87 bits per heavy atom. The summed E-state index contributed by atoms with van der Waals surface area (Å²) in [6.07, 6.45) is -4.82. The number of benzene rings is 2. The fraction of sp³-hybridized carbons (Fsp3) is 0.158. The van der Waals surface area contributed by atoms with E-state index in [1.165, 1.54) is 42.5 Å². The molecule has 30 heavy (non-hydrogen) atoms. The molecule has 0 bridgehead atoms. The molecular formula is C19H16ClF3N4O3. The number of hydrogen-bond acceptors (Lipinski definition) is 7. The monoisotopic (exact) mass is 440 g/mol. The Morgan fingerprint density at radius 1 is 1.07 bits per heavy atom. The topological polar surface area (TPSA) is 99.5 Å². The van der Waals surface area contributed by atoms with Crippen molar-refractivity contribution in [3.05, 3.63) is 53.6 Å². The minimum Gasteiger partial charge on any atom is -0.508 e. The minimum atomic E-state index is -4.82. The van der Waals surface area contributed by atoms with Crippen LogP contribution in [0.4, 0.5) is 30.6 Å². The molecule has 0 aliphatic carbocycles.